The minimum atomic E-state index is -0.313. The summed E-state index contributed by atoms with van der Waals surface area (Å²) >= 11 is 5.82. The molecule has 1 aromatic heterocycles. The molecule has 1 saturated heterocycles. The van der Waals surface area contributed by atoms with Gasteiger partial charge in [0, 0.05) is 32.1 Å². The van der Waals surface area contributed by atoms with E-state index in [9.17, 15) is 4.79 Å². The highest BCUT2D eigenvalue weighted by Gasteiger charge is 2.28. The molecule has 0 atom stereocenters. The number of hydrogen-bond donors (Lipinski definition) is 0. The van der Waals surface area contributed by atoms with Crippen LogP contribution in [0, 0.1) is 11.3 Å². The molecule has 6 heteroatoms. The van der Waals surface area contributed by atoms with Crippen molar-refractivity contribution >= 4 is 23.5 Å². The van der Waals surface area contributed by atoms with Crippen LogP contribution in [0.2, 0.25) is 5.02 Å². The first-order valence-electron chi connectivity index (χ1n) is 7.75. The van der Waals surface area contributed by atoms with Gasteiger partial charge in [-0.05, 0) is 18.8 Å². The molecule has 1 aliphatic heterocycles. The van der Waals surface area contributed by atoms with E-state index in [1.807, 2.05) is 32.7 Å². The molecule has 2 rings (SSSR count). The number of anilines is 1. The van der Waals surface area contributed by atoms with E-state index in [4.69, 9.17) is 11.6 Å². The Labute approximate surface area is 137 Å². The smallest absolute Gasteiger partial charge is 0.227 e. The fraction of sp³-hybridized carbons (Fsp3) is 0.688. The van der Waals surface area contributed by atoms with Crippen LogP contribution in [0.25, 0.3) is 0 Å². The quantitative estimate of drug-likeness (QED) is 0.858. The normalized spacial score (nSPS) is 16.7. The first-order chi connectivity index (χ1) is 10.3. The molecule has 5 nitrogen and oxygen atoms in total. The van der Waals surface area contributed by atoms with Gasteiger partial charge in [-0.15, -0.1) is 0 Å². The minimum Gasteiger partial charge on any atom is -0.345 e. The van der Waals surface area contributed by atoms with Crippen LogP contribution >= 0.6 is 11.6 Å². The molecule has 0 radical (unpaired) electrons. The Morgan fingerprint density at radius 3 is 2.36 bits per heavy atom. The predicted molar refractivity (Wildman–Crippen MR) is 89.1 cm³/mol. The Morgan fingerprint density at radius 2 is 1.86 bits per heavy atom. The maximum Gasteiger partial charge on any atom is 0.227 e. The van der Waals surface area contributed by atoms with Crippen LogP contribution in [0.4, 0.5) is 5.95 Å². The zero-order valence-corrected chi connectivity index (χ0v) is 14.6. The number of carbonyl (C=O) groups excluding carboxylic acids is 1. The minimum absolute atomic E-state index is 0.205. The third-order valence-corrected chi connectivity index (χ3v) is 4.22. The number of hydrogen-bond acceptors (Lipinski definition) is 4. The third-order valence-electron chi connectivity index (χ3n) is 4.02. The molecule has 0 bridgehead atoms. The van der Waals surface area contributed by atoms with E-state index in [1.165, 1.54) is 0 Å². The summed E-state index contributed by atoms with van der Waals surface area (Å²) in [5.74, 6) is 1.48. The summed E-state index contributed by atoms with van der Waals surface area (Å²) < 4.78 is 0. The summed E-state index contributed by atoms with van der Waals surface area (Å²) in [5, 5.41) is 0.556. The van der Waals surface area contributed by atoms with Crippen molar-refractivity contribution in [2.24, 2.45) is 11.3 Å². The molecule has 0 spiro atoms. The van der Waals surface area contributed by atoms with E-state index in [0.29, 0.717) is 10.9 Å². The van der Waals surface area contributed by atoms with E-state index < -0.39 is 0 Å². The van der Waals surface area contributed by atoms with E-state index in [2.05, 4.69) is 14.9 Å². The van der Waals surface area contributed by atoms with Crippen molar-refractivity contribution in [2.75, 3.05) is 31.6 Å². The molecule has 1 aliphatic rings. The number of rotatable bonds is 3. The van der Waals surface area contributed by atoms with Crippen molar-refractivity contribution in [2.45, 2.75) is 33.6 Å². The molecule has 1 fully saturated rings. The standard InChI is InChI=1S/C16H25ClN4O/c1-16(2,3)14(22)20(4)11-12-5-7-21(8-6-12)15-18-9-13(17)10-19-15/h9-10,12H,5-8,11H2,1-4H3. The second-order valence-corrected chi connectivity index (χ2v) is 7.50. The number of aromatic nitrogens is 2. The van der Waals surface area contributed by atoms with Gasteiger partial charge in [0.05, 0.1) is 17.4 Å². The van der Waals surface area contributed by atoms with Crippen molar-refractivity contribution in [3.8, 4) is 0 Å². The highest BCUT2D eigenvalue weighted by molar-refractivity contribution is 6.30. The van der Waals surface area contributed by atoms with Crippen molar-refractivity contribution < 1.29 is 4.79 Å². The zero-order valence-electron chi connectivity index (χ0n) is 13.8. The lowest BCUT2D eigenvalue weighted by molar-refractivity contribution is -0.138. The molecule has 0 aliphatic carbocycles. The Morgan fingerprint density at radius 1 is 1.32 bits per heavy atom. The van der Waals surface area contributed by atoms with Gasteiger partial charge in [-0.1, -0.05) is 32.4 Å². The fourth-order valence-corrected chi connectivity index (χ4v) is 2.92. The second kappa shape index (κ2) is 6.82. The van der Waals surface area contributed by atoms with Crippen molar-refractivity contribution in [3.05, 3.63) is 17.4 Å². The summed E-state index contributed by atoms with van der Waals surface area (Å²) in [6.07, 6.45) is 5.36. The molecule has 0 N–H and O–H groups in total. The average Bonchev–Trinajstić information content (AvgIpc) is 2.47. The van der Waals surface area contributed by atoms with Crippen LogP contribution in [-0.4, -0.2) is 47.5 Å². The lowest BCUT2D eigenvalue weighted by Crippen LogP contribution is -2.43. The Bertz CT molecular complexity index is 504. The van der Waals surface area contributed by atoms with Gasteiger partial charge in [0.1, 0.15) is 0 Å². The second-order valence-electron chi connectivity index (χ2n) is 7.07. The predicted octanol–water partition coefficient (Wildman–Crippen LogP) is 2.85. The highest BCUT2D eigenvalue weighted by atomic mass is 35.5. The van der Waals surface area contributed by atoms with Gasteiger partial charge >= 0.3 is 0 Å². The lowest BCUT2D eigenvalue weighted by atomic mass is 9.92. The molecular weight excluding hydrogens is 300 g/mol. The van der Waals surface area contributed by atoms with Crippen molar-refractivity contribution in [3.63, 3.8) is 0 Å². The molecule has 0 aromatic carbocycles. The first kappa shape index (κ1) is 17.0. The maximum absolute atomic E-state index is 12.2. The van der Waals surface area contributed by atoms with Crippen LogP contribution in [0.3, 0.4) is 0 Å². The molecule has 0 saturated carbocycles. The molecule has 1 amide bonds. The zero-order chi connectivity index (χ0) is 16.3. The monoisotopic (exact) mass is 324 g/mol. The Kier molecular flexibility index (Phi) is 5.27. The van der Waals surface area contributed by atoms with Gasteiger partial charge in [-0.2, -0.15) is 0 Å². The number of piperidine rings is 1. The topological polar surface area (TPSA) is 49.3 Å². The summed E-state index contributed by atoms with van der Waals surface area (Å²) in [4.78, 5) is 24.8. The van der Waals surface area contributed by atoms with E-state index >= 15 is 0 Å². The van der Waals surface area contributed by atoms with Gasteiger partial charge in [-0.25, -0.2) is 9.97 Å². The Balaban J connectivity index is 1.85. The van der Waals surface area contributed by atoms with Crippen molar-refractivity contribution in [1.82, 2.24) is 14.9 Å². The maximum atomic E-state index is 12.2. The summed E-state index contributed by atoms with van der Waals surface area (Å²) in [5.41, 5.74) is -0.313. The lowest BCUT2D eigenvalue weighted by Gasteiger charge is -2.35. The SMILES string of the molecule is CN(CC1CCN(c2ncc(Cl)cn2)CC1)C(=O)C(C)(C)C. The van der Waals surface area contributed by atoms with E-state index in [-0.39, 0.29) is 11.3 Å². The summed E-state index contributed by atoms with van der Waals surface area (Å²) in [7, 11) is 1.91. The molecule has 1 aromatic rings. The Hall–Kier alpha value is -1.36. The van der Waals surface area contributed by atoms with Crippen LogP contribution in [-0.2, 0) is 4.79 Å². The largest absolute Gasteiger partial charge is 0.345 e. The number of carbonyl (C=O) groups is 1. The number of nitrogens with zero attached hydrogens (tertiary/aromatic N) is 4. The molecule has 22 heavy (non-hydrogen) atoms. The number of amides is 1. The molecule has 0 unspecified atom stereocenters. The highest BCUT2D eigenvalue weighted by Crippen LogP contribution is 2.23. The van der Waals surface area contributed by atoms with Gasteiger partial charge < -0.3 is 9.80 Å². The van der Waals surface area contributed by atoms with Gasteiger partial charge in [0.15, 0.2) is 0 Å². The van der Waals surface area contributed by atoms with Crippen LogP contribution < -0.4 is 4.90 Å². The van der Waals surface area contributed by atoms with Crippen molar-refractivity contribution in [1.29, 1.82) is 0 Å². The first-order valence-corrected chi connectivity index (χ1v) is 8.13. The fourth-order valence-electron chi connectivity index (χ4n) is 2.83. The van der Waals surface area contributed by atoms with Gasteiger partial charge in [0.25, 0.3) is 0 Å². The van der Waals surface area contributed by atoms with Crippen LogP contribution in [0.1, 0.15) is 33.6 Å². The number of halogens is 1. The van der Waals surface area contributed by atoms with E-state index in [0.717, 1.165) is 38.4 Å². The third kappa shape index (κ3) is 4.32. The molecule has 2 heterocycles. The van der Waals surface area contributed by atoms with E-state index in [1.54, 1.807) is 12.4 Å². The van der Waals surface area contributed by atoms with Gasteiger partial charge in [-0.3, -0.25) is 4.79 Å². The summed E-state index contributed by atoms with van der Waals surface area (Å²) in [6, 6.07) is 0. The average molecular weight is 325 g/mol. The van der Waals surface area contributed by atoms with Crippen LogP contribution in [0.15, 0.2) is 12.4 Å². The van der Waals surface area contributed by atoms with Crippen LogP contribution in [0.5, 0.6) is 0 Å². The van der Waals surface area contributed by atoms with Gasteiger partial charge in [0.2, 0.25) is 11.9 Å². The molecular formula is C16H25ClN4O. The summed E-state index contributed by atoms with van der Waals surface area (Å²) in [6.45, 7) is 8.56. The molecule has 122 valence electrons.